The SMILES string of the molecule is CC(C)(SCc1ccc(Br)cc1F)[C@@H](N)C(=O)O. The molecule has 1 aromatic carbocycles. The van der Waals surface area contributed by atoms with E-state index in [1.54, 1.807) is 26.0 Å². The minimum Gasteiger partial charge on any atom is -0.480 e. The molecular weight excluding hydrogens is 321 g/mol. The Morgan fingerprint density at radius 1 is 1.61 bits per heavy atom. The van der Waals surface area contributed by atoms with Gasteiger partial charge < -0.3 is 10.8 Å². The minimum absolute atomic E-state index is 0.309. The fraction of sp³-hybridized carbons (Fsp3) is 0.417. The number of rotatable bonds is 5. The van der Waals surface area contributed by atoms with E-state index in [9.17, 15) is 9.18 Å². The van der Waals surface area contributed by atoms with Crippen LogP contribution in [0, 0.1) is 5.82 Å². The Kier molecular flexibility index (Phi) is 5.19. The first-order valence-electron chi connectivity index (χ1n) is 5.30. The van der Waals surface area contributed by atoms with E-state index in [1.165, 1.54) is 17.8 Å². The molecule has 0 spiro atoms. The molecule has 0 unspecified atom stereocenters. The van der Waals surface area contributed by atoms with Crippen LogP contribution in [0.4, 0.5) is 4.39 Å². The fourth-order valence-corrected chi connectivity index (χ4v) is 2.66. The maximum atomic E-state index is 13.6. The zero-order chi connectivity index (χ0) is 13.9. The van der Waals surface area contributed by atoms with Gasteiger partial charge in [-0.15, -0.1) is 11.8 Å². The van der Waals surface area contributed by atoms with Crippen molar-refractivity contribution in [1.29, 1.82) is 0 Å². The molecule has 3 N–H and O–H groups in total. The van der Waals surface area contributed by atoms with Gasteiger partial charge in [0.2, 0.25) is 0 Å². The summed E-state index contributed by atoms with van der Waals surface area (Å²) in [6, 6.07) is 3.83. The van der Waals surface area contributed by atoms with Crippen LogP contribution in [-0.2, 0) is 10.5 Å². The van der Waals surface area contributed by atoms with Crippen LogP contribution in [0.3, 0.4) is 0 Å². The van der Waals surface area contributed by atoms with Crippen LogP contribution in [0.15, 0.2) is 22.7 Å². The topological polar surface area (TPSA) is 63.3 Å². The third kappa shape index (κ3) is 3.96. The van der Waals surface area contributed by atoms with Gasteiger partial charge >= 0.3 is 5.97 Å². The van der Waals surface area contributed by atoms with E-state index in [0.717, 1.165) is 0 Å². The minimum atomic E-state index is -1.05. The van der Waals surface area contributed by atoms with Crippen LogP contribution < -0.4 is 5.73 Å². The Hall–Kier alpha value is -0.590. The van der Waals surface area contributed by atoms with Crippen LogP contribution in [0.2, 0.25) is 0 Å². The number of carboxylic acids is 1. The summed E-state index contributed by atoms with van der Waals surface area (Å²) >= 11 is 4.51. The van der Waals surface area contributed by atoms with Gasteiger partial charge in [0, 0.05) is 15.0 Å². The average molecular weight is 336 g/mol. The molecule has 0 saturated carbocycles. The summed E-state index contributed by atoms with van der Waals surface area (Å²) in [5, 5.41) is 8.89. The lowest BCUT2D eigenvalue weighted by atomic mass is 10.1. The van der Waals surface area contributed by atoms with Gasteiger partial charge in [0.15, 0.2) is 0 Å². The molecule has 0 radical (unpaired) electrons. The van der Waals surface area contributed by atoms with Gasteiger partial charge in [-0.2, -0.15) is 0 Å². The van der Waals surface area contributed by atoms with E-state index >= 15 is 0 Å². The Morgan fingerprint density at radius 2 is 2.22 bits per heavy atom. The number of carbonyl (C=O) groups is 1. The number of benzene rings is 1. The van der Waals surface area contributed by atoms with Crippen molar-refractivity contribution in [2.45, 2.75) is 30.4 Å². The Morgan fingerprint density at radius 3 is 2.72 bits per heavy atom. The van der Waals surface area contributed by atoms with Crippen molar-refractivity contribution in [3.8, 4) is 0 Å². The maximum absolute atomic E-state index is 13.6. The van der Waals surface area contributed by atoms with Gasteiger partial charge in [-0.25, -0.2) is 4.39 Å². The van der Waals surface area contributed by atoms with Crippen LogP contribution in [0.25, 0.3) is 0 Å². The van der Waals surface area contributed by atoms with Gasteiger partial charge in [-0.1, -0.05) is 22.0 Å². The lowest BCUT2D eigenvalue weighted by Gasteiger charge is -2.28. The summed E-state index contributed by atoms with van der Waals surface area (Å²) in [4.78, 5) is 10.9. The third-order valence-electron chi connectivity index (χ3n) is 2.63. The highest BCUT2D eigenvalue weighted by Gasteiger charge is 2.32. The maximum Gasteiger partial charge on any atom is 0.321 e. The standard InChI is InChI=1S/C12H15BrFNO2S/c1-12(2,10(15)11(16)17)18-6-7-3-4-8(13)5-9(7)14/h3-5,10H,6,15H2,1-2H3,(H,16,17)/t10-/m0/s1. The van der Waals surface area contributed by atoms with Crippen molar-refractivity contribution in [3.05, 3.63) is 34.1 Å². The zero-order valence-electron chi connectivity index (χ0n) is 10.1. The first-order chi connectivity index (χ1) is 8.24. The zero-order valence-corrected chi connectivity index (χ0v) is 12.5. The van der Waals surface area contributed by atoms with E-state index in [2.05, 4.69) is 15.9 Å². The molecule has 1 aromatic rings. The quantitative estimate of drug-likeness (QED) is 0.868. The van der Waals surface area contributed by atoms with E-state index in [1.807, 2.05) is 0 Å². The van der Waals surface area contributed by atoms with Crippen molar-refractivity contribution >= 4 is 33.7 Å². The number of aliphatic carboxylic acids is 1. The normalized spacial score (nSPS) is 13.4. The van der Waals surface area contributed by atoms with Gasteiger partial charge in [-0.3, -0.25) is 4.79 Å². The molecule has 0 aromatic heterocycles. The second kappa shape index (κ2) is 6.04. The third-order valence-corrected chi connectivity index (χ3v) is 4.58. The van der Waals surface area contributed by atoms with Crippen molar-refractivity contribution in [2.24, 2.45) is 5.73 Å². The van der Waals surface area contributed by atoms with E-state index in [4.69, 9.17) is 10.8 Å². The van der Waals surface area contributed by atoms with Crippen LogP contribution in [0.1, 0.15) is 19.4 Å². The van der Waals surface area contributed by atoms with Crippen molar-refractivity contribution in [3.63, 3.8) is 0 Å². The van der Waals surface area contributed by atoms with Crippen LogP contribution in [-0.4, -0.2) is 21.9 Å². The highest BCUT2D eigenvalue weighted by Crippen LogP contribution is 2.31. The number of hydrogen-bond donors (Lipinski definition) is 2. The van der Waals surface area contributed by atoms with E-state index in [-0.39, 0.29) is 5.82 Å². The predicted molar refractivity (Wildman–Crippen MR) is 75.1 cm³/mol. The molecule has 0 heterocycles. The summed E-state index contributed by atoms with van der Waals surface area (Å²) in [6.07, 6.45) is 0. The highest BCUT2D eigenvalue weighted by molar-refractivity contribution is 9.10. The molecule has 100 valence electrons. The molecule has 0 aliphatic rings. The monoisotopic (exact) mass is 335 g/mol. The molecule has 3 nitrogen and oxygen atoms in total. The molecule has 0 bridgehead atoms. The molecule has 1 rings (SSSR count). The molecule has 0 aliphatic carbocycles. The largest absolute Gasteiger partial charge is 0.480 e. The number of thioether (sulfide) groups is 1. The molecule has 0 fully saturated rings. The van der Waals surface area contributed by atoms with Crippen molar-refractivity contribution in [2.75, 3.05) is 0 Å². The van der Waals surface area contributed by atoms with Gasteiger partial charge in [0.25, 0.3) is 0 Å². The molecule has 0 aliphatic heterocycles. The molecule has 0 saturated heterocycles. The molecule has 0 amide bonds. The molecular formula is C12H15BrFNO2S. The van der Waals surface area contributed by atoms with Gasteiger partial charge in [0.1, 0.15) is 11.9 Å². The van der Waals surface area contributed by atoms with Crippen molar-refractivity contribution in [1.82, 2.24) is 0 Å². The highest BCUT2D eigenvalue weighted by atomic mass is 79.9. The smallest absolute Gasteiger partial charge is 0.321 e. The number of carboxylic acid groups (broad SMARTS) is 1. The predicted octanol–water partition coefficient (Wildman–Crippen LogP) is 3.01. The van der Waals surface area contributed by atoms with E-state index < -0.39 is 16.8 Å². The lowest BCUT2D eigenvalue weighted by molar-refractivity contribution is -0.139. The van der Waals surface area contributed by atoms with Crippen LogP contribution >= 0.6 is 27.7 Å². The summed E-state index contributed by atoms with van der Waals surface area (Å²) in [6.45, 7) is 3.49. The van der Waals surface area contributed by atoms with Crippen LogP contribution in [0.5, 0.6) is 0 Å². The Balaban J connectivity index is 2.72. The molecule has 1 atom stereocenters. The van der Waals surface area contributed by atoms with Gasteiger partial charge in [0.05, 0.1) is 0 Å². The number of halogens is 2. The van der Waals surface area contributed by atoms with Gasteiger partial charge in [-0.05, 0) is 31.5 Å². The molecule has 18 heavy (non-hydrogen) atoms. The summed E-state index contributed by atoms with van der Waals surface area (Å²) < 4.78 is 13.6. The Bertz CT molecular complexity index is 454. The molecule has 6 heteroatoms. The summed E-state index contributed by atoms with van der Waals surface area (Å²) in [5.41, 5.74) is 6.13. The van der Waals surface area contributed by atoms with E-state index in [0.29, 0.717) is 15.8 Å². The second-order valence-corrected chi connectivity index (χ2v) is 6.99. The lowest BCUT2D eigenvalue weighted by Crippen LogP contribution is -2.46. The summed E-state index contributed by atoms with van der Waals surface area (Å²) in [7, 11) is 0. The number of nitrogens with two attached hydrogens (primary N) is 1. The first-order valence-corrected chi connectivity index (χ1v) is 7.08. The Labute approximate surface area is 118 Å². The number of hydrogen-bond acceptors (Lipinski definition) is 3. The second-order valence-electron chi connectivity index (χ2n) is 4.44. The fourth-order valence-electron chi connectivity index (χ4n) is 1.29. The van der Waals surface area contributed by atoms with Crippen molar-refractivity contribution < 1.29 is 14.3 Å². The summed E-state index contributed by atoms with van der Waals surface area (Å²) in [5.74, 6) is -0.979. The first kappa shape index (κ1) is 15.5. The average Bonchev–Trinajstić information content (AvgIpc) is 2.26.